The van der Waals surface area contributed by atoms with Gasteiger partial charge in [-0.25, -0.2) is 4.79 Å². The van der Waals surface area contributed by atoms with Gasteiger partial charge in [0.1, 0.15) is 12.4 Å². The largest absolute Gasteiger partial charge is 0.491 e. The lowest BCUT2D eigenvalue weighted by atomic mass is 10.2. The molecule has 0 aliphatic rings. The molecule has 0 fully saturated rings. The molecule has 0 aliphatic carbocycles. The third-order valence-corrected chi connectivity index (χ3v) is 2.74. The van der Waals surface area contributed by atoms with E-state index < -0.39 is 5.97 Å². The second-order valence-corrected chi connectivity index (χ2v) is 4.41. The Morgan fingerprint density at radius 1 is 1.35 bits per heavy atom. The van der Waals surface area contributed by atoms with Crippen molar-refractivity contribution in [1.29, 1.82) is 0 Å². The number of rotatable bonds is 7. The number of para-hydroxylation sites is 1. The number of benzene rings is 1. The van der Waals surface area contributed by atoms with Gasteiger partial charge in [-0.3, -0.25) is 4.79 Å². The van der Waals surface area contributed by atoms with Gasteiger partial charge in [0.05, 0.1) is 13.0 Å². The van der Waals surface area contributed by atoms with Crippen molar-refractivity contribution in [2.75, 3.05) is 26.7 Å². The zero-order chi connectivity index (χ0) is 15.0. The van der Waals surface area contributed by atoms with E-state index in [1.165, 1.54) is 4.90 Å². The topological polar surface area (TPSA) is 78.9 Å². The number of amides is 2. The van der Waals surface area contributed by atoms with E-state index in [0.717, 1.165) is 11.3 Å². The molecule has 0 saturated carbocycles. The number of ether oxygens (including phenoxy) is 1. The van der Waals surface area contributed by atoms with E-state index in [2.05, 4.69) is 5.32 Å². The first-order chi connectivity index (χ1) is 9.50. The van der Waals surface area contributed by atoms with Crippen LogP contribution >= 0.6 is 0 Å². The summed E-state index contributed by atoms with van der Waals surface area (Å²) in [4.78, 5) is 23.4. The van der Waals surface area contributed by atoms with Gasteiger partial charge in [-0.05, 0) is 18.6 Å². The molecule has 1 aromatic carbocycles. The highest BCUT2D eigenvalue weighted by Gasteiger charge is 2.08. The average Bonchev–Trinajstić information content (AvgIpc) is 2.40. The monoisotopic (exact) mass is 280 g/mol. The van der Waals surface area contributed by atoms with E-state index in [0.29, 0.717) is 13.2 Å². The van der Waals surface area contributed by atoms with Gasteiger partial charge >= 0.3 is 12.0 Å². The number of likely N-dealkylation sites (N-methyl/N-ethyl adjacent to an activating group) is 1. The Morgan fingerprint density at radius 2 is 2.05 bits per heavy atom. The van der Waals surface area contributed by atoms with Crippen molar-refractivity contribution in [1.82, 2.24) is 10.2 Å². The number of hydrogen-bond acceptors (Lipinski definition) is 3. The van der Waals surface area contributed by atoms with Crippen molar-refractivity contribution >= 4 is 12.0 Å². The molecule has 6 heteroatoms. The third-order valence-electron chi connectivity index (χ3n) is 2.74. The number of nitrogens with zero attached hydrogens (tertiary/aromatic N) is 1. The Labute approximate surface area is 118 Å². The lowest BCUT2D eigenvalue weighted by Crippen LogP contribution is -2.40. The molecule has 6 nitrogen and oxygen atoms in total. The number of carboxylic acids is 1. The van der Waals surface area contributed by atoms with E-state index in [1.807, 2.05) is 31.2 Å². The van der Waals surface area contributed by atoms with Gasteiger partial charge in [-0.1, -0.05) is 18.2 Å². The maximum atomic E-state index is 11.6. The Bertz CT molecular complexity index is 462. The number of hydrogen-bond donors (Lipinski definition) is 2. The van der Waals surface area contributed by atoms with Crippen molar-refractivity contribution in [3.05, 3.63) is 29.8 Å². The molecule has 0 aromatic heterocycles. The zero-order valence-electron chi connectivity index (χ0n) is 11.8. The SMILES string of the molecule is Cc1ccccc1OCCN(C)C(=O)NCCC(=O)O. The Morgan fingerprint density at radius 3 is 2.70 bits per heavy atom. The highest BCUT2D eigenvalue weighted by molar-refractivity contribution is 5.74. The van der Waals surface area contributed by atoms with Crippen molar-refractivity contribution < 1.29 is 19.4 Å². The van der Waals surface area contributed by atoms with Crippen molar-refractivity contribution in [3.8, 4) is 5.75 Å². The predicted octanol–water partition coefficient (Wildman–Crippen LogP) is 1.49. The molecule has 2 amide bonds. The van der Waals surface area contributed by atoms with Gasteiger partial charge in [-0.2, -0.15) is 0 Å². The molecule has 20 heavy (non-hydrogen) atoms. The van der Waals surface area contributed by atoms with E-state index in [9.17, 15) is 9.59 Å². The molecule has 1 aromatic rings. The fourth-order valence-electron chi connectivity index (χ4n) is 1.52. The van der Waals surface area contributed by atoms with Gasteiger partial charge in [0, 0.05) is 13.6 Å². The number of aryl methyl sites for hydroxylation is 1. The molecule has 0 heterocycles. The first-order valence-electron chi connectivity index (χ1n) is 6.40. The van der Waals surface area contributed by atoms with Crippen LogP contribution in [0.1, 0.15) is 12.0 Å². The fourth-order valence-corrected chi connectivity index (χ4v) is 1.52. The van der Waals surface area contributed by atoms with Gasteiger partial charge in [0.15, 0.2) is 0 Å². The number of urea groups is 1. The summed E-state index contributed by atoms with van der Waals surface area (Å²) >= 11 is 0. The summed E-state index contributed by atoms with van der Waals surface area (Å²) < 4.78 is 5.58. The Hall–Kier alpha value is -2.24. The number of nitrogens with one attached hydrogen (secondary N) is 1. The van der Waals surface area contributed by atoms with Crippen molar-refractivity contribution in [3.63, 3.8) is 0 Å². The molecule has 2 N–H and O–H groups in total. The van der Waals surface area contributed by atoms with Crippen LogP contribution < -0.4 is 10.1 Å². The van der Waals surface area contributed by atoms with Crippen LogP contribution in [-0.2, 0) is 4.79 Å². The Kier molecular flexibility index (Phi) is 6.36. The summed E-state index contributed by atoms with van der Waals surface area (Å²) in [6, 6.07) is 7.36. The first kappa shape index (κ1) is 15.8. The van der Waals surface area contributed by atoms with Gasteiger partial charge in [-0.15, -0.1) is 0 Å². The van der Waals surface area contributed by atoms with Crippen LogP contribution in [0.4, 0.5) is 4.79 Å². The average molecular weight is 280 g/mol. The second-order valence-electron chi connectivity index (χ2n) is 4.41. The lowest BCUT2D eigenvalue weighted by molar-refractivity contribution is -0.136. The van der Waals surface area contributed by atoms with Crippen LogP contribution in [-0.4, -0.2) is 48.8 Å². The summed E-state index contributed by atoms with van der Waals surface area (Å²) in [6.07, 6.45) is -0.0840. The molecule has 0 aliphatic heterocycles. The second kappa shape index (κ2) is 8.04. The van der Waals surface area contributed by atoms with E-state index in [1.54, 1.807) is 7.05 Å². The molecule has 0 saturated heterocycles. The Balaban J connectivity index is 2.25. The van der Waals surface area contributed by atoms with E-state index >= 15 is 0 Å². The molecule has 110 valence electrons. The maximum Gasteiger partial charge on any atom is 0.317 e. The predicted molar refractivity (Wildman–Crippen MR) is 75.0 cm³/mol. The number of carbonyl (C=O) groups excluding carboxylic acids is 1. The van der Waals surface area contributed by atoms with Crippen LogP contribution in [0.5, 0.6) is 5.75 Å². The summed E-state index contributed by atoms with van der Waals surface area (Å²) in [6.45, 7) is 2.88. The summed E-state index contributed by atoms with van der Waals surface area (Å²) in [7, 11) is 1.64. The molecule has 0 unspecified atom stereocenters. The van der Waals surface area contributed by atoms with Crippen molar-refractivity contribution in [2.45, 2.75) is 13.3 Å². The molecular formula is C14H20N2O4. The zero-order valence-corrected chi connectivity index (χ0v) is 11.8. The summed E-state index contributed by atoms with van der Waals surface area (Å²) in [5.41, 5.74) is 1.04. The number of carboxylic acid groups (broad SMARTS) is 1. The number of carbonyl (C=O) groups is 2. The van der Waals surface area contributed by atoms with Gasteiger partial charge in [0.2, 0.25) is 0 Å². The van der Waals surface area contributed by atoms with E-state index in [-0.39, 0.29) is 19.0 Å². The minimum absolute atomic E-state index is 0.0840. The standard InChI is InChI=1S/C14H20N2O4/c1-11-5-3-4-6-12(11)20-10-9-16(2)14(19)15-8-7-13(17)18/h3-6H,7-10H2,1-2H3,(H,15,19)(H,17,18). The summed E-state index contributed by atoms with van der Waals surface area (Å²) in [5, 5.41) is 11.0. The van der Waals surface area contributed by atoms with E-state index in [4.69, 9.17) is 9.84 Å². The highest BCUT2D eigenvalue weighted by Crippen LogP contribution is 2.15. The summed E-state index contributed by atoms with van der Waals surface area (Å²) in [5.74, 6) is -0.136. The van der Waals surface area contributed by atoms with Crippen molar-refractivity contribution in [2.24, 2.45) is 0 Å². The van der Waals surface area contributed by atoms with Crippen LogP contribution in [0, 0.1) is 6.92 Å². The molecule has 0 atom stereocenters. The minimum atomic E-state index is -0.934. The molecule has 0 bridgehead atoms. The number of aliphatic carboxylic acids is 1. The van der Waals surface area contributed by atoms with Crippen LogP contribution in [0.15, 0.2) is 24.3 Å². The lowest BCUT2D eigenvalue weighted by Gasteiger charge is -2.18. The van der Waals surface area contributed by atoms with Crippen LogP contribution in [0.25, 0.3) is 0 Å². The van der Waals surface area contributed by atoms with Crippen LogP contribution in [0.3, 0.4) is 0 Å². The quantitative estimate of drug-likeness (QED) is 0.793. The first-order valence-corrected chi connectivity index (χ1v) is 6.40. The molecule has 1 rings (SSSR count). The maximum absolute atomic E-state index is 11.6. The highest BCUT2D eigenvalue weighted by atomic mass is 16.5. The normalized spacial score (nSPS) is 9.90. The molecular weight excluding hydrogens is 260 g/mol. The van der Waals surface area contributed by atoms with Crippen LogP contribution in [0.2, 0.25) is 0 Å². The fraction of sp³-hybridized carbons (Fsp3) is 0.429. The van der Waals surface area contributed by atoms with Gasteiger partial charge in [0.25, 0.3) is 0 Å². The smallest absolute Gasteiger partial charge is 0.317 e. The molecule has 0 spiro atoms. The molecule has 0 radical (unpaired) electrons. The third kappa shape index (κ3) is 5.60. The van der Waals surface area contributed by atoms with Gasteiger partial charge < -0.3 is 20.1 Å². The minimum Gasteiger partial charge on any atom is -0.491 e.